The summed E-state index contributed by atoms with van der Waals surface area (Å²) in [6, 6.07) is 9.99. The number of hydrogen-bond acceptors (Lipinski definition) is 7. The topological polar surface area (TPSA) is 70.6 Å². The molecule has 0 spiro atoms. The van der Waals surface area contributed by atoms with E-state index >= 15 is 0 Å². The molecular formula is C27H39N5O2S. The van der Waals surface area contributed by atoms with E-state index in [1.807, 2.05) is 24.3 Å². The van der Waals surface area contributed by atoms with E-state index in [1.165, 1.54) is 0 Å². The van der Waals surface area contributed by atoms with Crippen LogP contribution in [-0.2, 0) is 15.9 Å². The number of anilines is 1. The maximum Gasteiger partial charge on any atom is 0.251 e. The SMILES string of the molecule is CCN1CCN(c2cc(C(C)(C)C)nc(SCc3ccc(C(=O)NC[C@H]4CCCO4)cc3)n2)CC1. The van der Waals surface area contributed by atoms with Crippen molar-refractivity contribution in [3.8, 4) is 0 Å². The molecule has 0 unspecified atom stereocenters. The Morgan fingerprint density at radius 1 is 1.14 bits per heavy atom. The fourth-order valence-corrected chi connectivity index (χ4v) is 5.14. The van der Waals surface area contributed by atoms with Gasteiger partial charge < -0.3 is 19.9 Å². The van der Waals surface area contributed by atoms with Gasteiger partial charge in [0.25, 0.3) is 5.91 Å². The zero-order valence-corrected chi connectivity index (χ0v) is 22.4. The highest BCUT2D eigenvalue weighted by molar-refractivity contribution is 7.98. The third kappa shape index (κ3) is 7.18. The Morgan fingerprint density at radius 2 is 1.89 bits per heavy atom. The van der Waals surface area contributed by atoms with Gasteiger partial charge in [0.2, 0.25) is 0 Å². The number of carbonyl (C=O) groups is 1. The second kappa shape index (κ2) is 11.7. The Labute approximate surface area is 214 Å². The third-order valence-electron chi connectivity index (χ3n) is 6.70. The molecule has 190 valence electrons. The van der Waals surface area contributed by atoms with Crippen molar-refractivity contribution in [2.24, 2.45) is 0 Å². The fraction of sp³-hybridized carbons (Fsp3) is 0.593. The number of hydrogen-bond donors (Lipinski definition) is 1. The molecule has 2 aliphatic rings. The smallest absolute Gasteiger partial charge is 0.251 e. The van der Waals surface area contributed by atoms with Crippen molar-refractivity contribution in [2.75, 3.05) is 50.8 Å². The summed E-state index contributed by atoms with van der Waals surface area (Å²) in [6.07, 6.45) is 2.25. The summed E-state index contributed by atoms with van der Waals surface area (Å²) in [5.41, 5.74) is 2.85. The average Bonchev–Trinajstić information content (AvgIpc) is 3.39. The summed E-state index contributed by atoms with van der Waals surface area (Å²) in [5.74, 6) is 1.74. The van der Waals surface area contributed by atoms with E-state index in [4.69, 9.17) is 14.7 Å². The molecule has 1 atom stereocenters. The lowest BCUT2D eigenvalue weighted by molar-refractivity contribution is 0.0858. The van der Waals surface area contributed by atoms with Crippen LogP contribution < -0.4 is 10.2 Å². The predicted octanol–water partition coefficient (Wildman–Crippen LogP) is 4.12. The summed E-state index contributed by atoms with van der Waals surface area (Å²) in [6.45, 7) is 15.4. The van der Waals surface area contributed by atoms with E-state index in [9.17, 15) is 4.79 Å². The van der Waals surface area contributed by atoms with E-state index in [1.54, 1.807) is 11.8 Å². The van der Waals surface area contributed by atoms with E-state index in [0.29, 0.717) is 12.1 Å². The molecule has 0 saturated carbocycles. The first-order valence-electron chi connectivity index (χ1n) is 12.8. The summed E-state index contributed by atoms with van der Waals surface area (Å²) in [7, 11) is 0. The van der Waals surface area contributed by atoms with Gasteiger partial charge in [0, 0.05) is 62.1 Å². The largest absolute Gasteiger partial charge is 0.376 e. The zero-order chi connectivity index (χ0) is 24.8. The predicted molar refractivity (Wildman–Crippen MR) is 142 cm³/mol. The standard InChI is InChI=1S/C27H39N5O2S/c1-5-31-12-14-32(15-13-31)24-17-23(27(2,3)4)29-26(30-24)35-19-20-8-10-21(11-9-20)25(33)28-18-22-7-6-16-34-22/h8-11,17,22H,5-7,12-16,18-19H2,1-4H3,(H,28,33)/t22-/m1/s1. The maximum absolute atomic E-state index is 12.5. The Hall–Kier alpha value is -2.16. The number of amides is 1. The van der Waals surface area contributed by atoms with Gasteiger partial charge >= 0.3 is 0 Å². The summed E-state index contributed by atoms with van der Waals surface area (Å²) < 4.78 is 5.58. The quantitative estimate of drug-likeness (QED) is 0.435. The number of piperazine rings is 1. The highest BCUT2D eigenvalue weighted by atomic mass is 32.2. The van der Waals surface area contributed by atoms with Crippen molar-refractivity contribution in [1.82, 2.24) is 20.2 Å². The summed E-state index contributed by atoms with van der Waals surface area (Å²) in [4.78, 5) is 27.1. The van der Waals surface area contributed by atoms with Crippen LogP contribution in [0.25, 0.3) is 0 Å². The lowest BCUT2D eigenvalue weighted by atomic mass is 9.92. The molecular weight excluding hydrogens is 458 g/mol. The highest BCUT2D eigenvalue weighted by Gasteiger charge is 2.23. The van der Waals surface area contributed by atoms with Crippen LogP contribution in [0.3, 0.4) is 0 Å². The highest BCUT2D eigenvalue weighted by Crippen LogP contribution is 2.29. The first-order valence-corrected chi connectivity index (χ1v) is 13.8. The van der Waals surface area contributed by atoms with Crippen molar-refractivity contribution in [1.29, 1.82) is 0 Å². The molecule has 8 heteroatoms. The minimum atomic E-state index is -0.0475. The minimum absolute atomic E-state index is 0.0449. The van der Waals surface area contributed by atoms with Crippen LogP contribution in [-0.4, -0.2) is 72.8 Å². The van der Waals surface area contributed by atoms with E-state index in [0.717, 1.165) is 80.2 Å². The van der Waals surface area contributed by atoms with Gasteiger partial charge in [-0.3, -0.25) is 4.79 Å². The van der Waals surface area contributed by atoms with Gasteiger partial charge in [0.1, 0.15) is 5.82 Å². The summed E-state index contributed by atoms with van der Waals surface area (Å²) >= 11 is 1.65. The van der Waals surface area contributed by atoms with Crippen molar-refractivity contribution in [3.63, 3.8) is 0 Å². The Kier molecular flexibility index (Phi) is 8.68. The van der Waals surface area contributed by atoms with Gasteiger partial charge in [-0.05, 0) is 37.1 Å². The zero-order valence-electron chi connectivity index (χ0n) is 21.5. The number of rotatable bonds is 8. The normalized spacial score (nSPS) is 19.2. The molecule has 1 aromatic heterocycles. The molecule has 2 saturated heterocycles. The van der Waals surface area contributed by atoms with Crippen molar-refractivity contribution in [2.45, 2.75) is 63.0 Å². The van der Waals surface area contributed by atoms with E-state index in [-0.39, 0.29) is 17.4 Å². The lowest BCUT2D eigenvalue weighted by Crippen LogP contribution is -2.46. The molecule has 2 aromatic rings. The second-order valence-electron chi connectivity index (χ2n) is 10.4. The van der Waals surface area contributed by atoms with Crippen LogP contribution in [0.15, 0.2) is 35.5 Å². The van der Waals surface area contributed by atoms with Crippen LogP contribution >= 0.6 is 11.8 Å². The number of thioether (sulfide) groups is 1. The molecule has 0 bridgehead atoms. The van der Waals surface area contributed by atoms with Crippen molar-refractivity contribution in [3.05, 3.63) is 47.2 Å². The van der Waals surface area contributed by atoms with Crippen LogP contribution in [0, 0.1) is 0 Å². The molecule has 1 amide bonds. The van der Waals surface area contributed by atoms with E-state index in [2.05, 4.69) is 48.9 Å². The van der Waals surface area contributed by atoms with Gasteiger partial charge in [0.15, 0.2) is 5.16 Å². The lowest BCUT2D eigenvalue weighted by Gasteiger charge is -2.35. The number of benzene rings is 1. The van der Waals surface area contributed by atoms with Gasteiger partial charge in [-0.15, -0.1) is 0 Å². The number of ether oxygens (including phenoxy) is 1. The molecule has 0 radical (unpaired) electrons. The molecule has 35 heavy (non-hydrogen) atoms. The third-order valence-corrected chi connectivity index (χ3v) is 7.62. The molecule has 2 fully saturated rings. The molecule has 0 aliphatic carbocycles. The van der Waals surface area contributed by atoms with Gasteiger partial charge in [0.05, 0.1) is 11.8 Å². The number of aromatic nitrogens is 2. The molecule has 3 heterocycles. The van der Waals surface area contributed by atoms with Crippen molar-refractivity contribution < 1.29 is 9.53 Å². The van der Waals surface area contributed by atoms with Crippen LogP contribution in [0.5, 0.6) is 0 Å². The maximum atomic E-state index is 12.5. The number of nitrogens with one attached hydrogen (secondary N) is 1. The van der Waals surface area contributed by atoms with Gasteiger partial charge in [-0.1, -0.05) is 51.6 Å². The Bertz CT molecular complexity index is 978. The Morgan fingerprint density at radius 3 is 2.51 bits per heavy atom. The Balaban J connectivity index is 1.38. The van der Waals surface area contributed by atoms with E-state index < -0.39 is 0 Å². The molecule has 7 nitrogen and oxygen atoms in total. The second-order valence-corrected chi connectivity index (χ2v) is 11.3. The summed E-state index contributed by atoms with van der Waals surface area (Å²) in [5, 5.41) is 3.79. The number of carbonyl (C=O) groups excluding carboxylic acids is 1. The molecule has 2 aliphatic heterocycles. The molecule has 1 aromatic carbocycles. The fourth-order valence-electron chi connectivity index (χ4n) is 4.33. The van der Waals surface area contributed by atoms with Crippen LogP contribution in [0.4, 0.5) is 5.82 Å². The van der Waals surface area contributed by atoms with Crippen LogP contribution in [0.2, 0.25) is 0 Å². The average molecular weight is 498 g/mol. The van der Waals surface area contributed by atoms with Crippen molar-refractivity contribution >= 4 is 23.5 Å². The first-order chi connectivity index (χ1) is 16.8. The van der Waals surface area contributed by atoms with Crippen LogP contribution in [0.1, 0.15) is 62.2 Å². The number of nitrogens with zero attached hydrogens (tertiary/aromatic N) is 4. The van der Waals surface area contributed by atoms with Gasteiger partial charge in [-0.2, -0.15) is 0 Å². The molecule has 1 N–H and O–H groups in total. The first kappa shape index (κ1) is 25.9. The monoisotopic (exact) mass is 497 g/mol. The molecule has 4 rings (SSSR count). The number of likely N-dealkylation sites (N-methyl/N-ethyl adjacent to an activating group) is 1. The minimum Gasteiger partial charge on any atom is -0.376 e. The van der Waals surface area contributed by atoms with Gasteiger partial charge in [-0.25, -0.2) is 9.97 Å².